The summed E-state index contributed by atoms with van der Waals surface area (Å²) in [6.45, 7) is 6.57. The van der Waals surface area contributed by atoms with Crippen LogP contribution in [0, 0.1) is 0 Å². The van der Waals surface area contributed by atoms with Gasteiger partial charge in [0.05, 0.1) is 0 Å². The van der Waals surface area contributed by atoms with Gasteiger partial charge in [0.25, 0.3) is 0 Å². The maximum absolute atomic E-state index is 13.0. The zero-order valence-corrected chi connectivity index (χ0v) is 55.5. The van der Waals surface area contributed by atoms with Crippen molar-refractivity contribution in [3.05, 3.63) is 72.9 Å². The van der Waals surface area contributed by atoms with Crippen molar-refractivity contribution >= 4 is 17.9 Å². The summed E-state index contributed by atoms with van der Waals surface area (Å²) in [6, 6.07) is 0. The minimum absolute atomic E-state index is 0.0882. The Morgan fingerprint density at radius 1 is 0.253 bits per heavy atom. The van der Waals surface area contributed by atoms with Gasteiger partial charge in [-0.1, -0.05) is 363 Å². The zero-order valence-electron chi connectivity index (χ0n) is 55.5. The van der Waals surface area contributed by atoms with Crippen molar-refractivity contribution in [3.63, 3.8) is 0 Å². The third-order valence-electron chi connectivity index (χ3n) is 16.2. The topological polar surface area (TPSA) is 78.9 Å². The Bertz CT molecular complexity index is 1520. The van der Waals surface area contributed by atoms with Crippen molar-refractivity contribution < 1.29 is 28.6 Å². The highest BCUT2D eigenvalue weighted by molar-refractivity contribution is 5.71. The Hall–Kier alpha value is -3.15. The summed E-state index contributed by atoms with van der Waals surface area (Å²) >= 11 is 0. The number of unbranched alkanes of at least 4 members (excludes halogenated alkanes) is 44. The van der Waals surface area contributed by atoms with Gasteiger partial charge < -0.3 is 14.2 Å². The monoisotopic (exact) mass is 1160 g/mol. The molecule has 0 saturated heterocycles. The summed E-state index contributed by atoms with van der Waals surface area (Å²) in [6.07, 6.45) is 93.7. The van der Waals surface area contributed by atoms with Crippen LogP contribution in [0.2, 0.25) is 0 Å². The Kier molecular flexibility index (Phi) is 68.6. The fraction of sp³-hybridized carbons (Fsp3) is 0.805. The van der Waals surface area contributed by atoms with Crippen LogP contribution >= 0.6 is 0 Å². The molecular weight excluding hydrogens is 1020 g/mol. The molecule has 0 spiro atoms. The first-order valence-corrected chi connectivity index (χ1v) is 36.4. The molecule has 0 aromatic rings. The molecule has 0 aromatic heterocycles. The molecule has 0 bridgehead atoms. The average Bonchev–Trinajstić information content (AvgIpc) is 3.49. The molecule has 6 heteroatoms. The molecule has 0 heterocycles. The van der Waals surface area contributed by atoms with E-state index < -0.39 is 6.10 Å². The van der Waals surface area contributed by atoms with Gasteiger partial charge >= 0.3 is 17.9 Å². The third kappa shape index (κ3) is 69.5. The maximum Gasteiger partial charge on any atom is 0.306 e. The molecule has 6 nitrogen and oxygen atoms in total. The molecule has 0 fully saturated rings. The normalized spacial score (nSPS) is 12.5. The highest BCUT2D eigenvalue weighted by atomic mass is 16.6. The maximum atomic E-state index is 13.0. The van der Waals surface area contributed by atoms with Crippen LogP contribution in [0.4, 0.5) is 0 Å². The Balaban J connectivity index is 4.38. The van der Waals surface area contributed by atoms with Gasteiger partial charge in [-0.2, -0.15) is 0 Å². The summed E-state index contributed by atoms with van der Waals surface area (Å²) in [4.78, 5) is 38.5. The Morgan fingerprint density at radius 2 is 0.470 bits per heavy atom. The Morgan fingerprint density at radius 3 is 0.735 bits per heavy atom. The first-order valence-electron chi connectivity index (χ1n) is 36.4. The fourth-order valence-corrected chi connectivity index (χ4v) is 10.8. The minimum atomic E-state index is -0.798. The standard InChI is InChI=1S/C77H138O6/c1-4-7-10-13-16-19-22-25-28-31-34-37-38-39-41-43-46-49-52-55-58-61-64-67-70-76(79)82-73-74(72-81-75(78)69-66-63-60-57-54-51-48-45-42-36-33-30-27-24-21-18-15-12-9-6-3)83-77(80)71-68-65-62-59-56-53-50-47-44-40-35-32-29-26-23-20-17-14-11-8-5-2/h8,11,17,20,26,29,35,40,47,50,56,59,74H,4-7,9-10,12-16,18-19,21-25,27-28,30-34,36-39,41-46,48-49,51-55,57-58,60-73H2,1-3H3/b11-8-,20-17-,29-26-,40-35-,50-47-,59-56-. The molecule has 0 saturated carbocycles. The van der Waals surface area contributed by atoms with E-state index in [1.807, 2.05) is 0 Å². The summed E-state index contributed by atoms with van der Waals surface area (Å²) in [5, 5.41) is 0. The van der Waals surface area contributed by atoms with Crippen LogP contribution in [0.15, 0.2) is 72.9 Å². The fourth-order valence-electron chi connectivity index (χ4n) is 10.8. The molecule has 83 heavy (non-hydrogen) atoms. The molecule has 0 radical (unpaired) electrons. The number of ether oxygens (including phenoxy) is 3. The van der Waals surface area contributed by atoms with Gasteiger partial charge in [-0.3, -0.25) is 14.4 Å². The van der Waals surface area contributed by atoms with E-state index in [-0.39, 0.29) is 37.5 Å². The molecule has 0 amide bonds. The van der Waals surface area contributed by atoms with E-state index in [2.05, 4.69) is 93.7 Å². The van der Waals surface area contributed by atoms with Crippen LogP contribution in [0.3, 0.4) is 0 Å². The molecule has 0 N–H and O–H groups in total. The molecule has 482 valence electrons. The number of esters is 3. The highest BCUT2D eigenvalue weighted by Crippen LogP contribution is 2.19. The van der Waals surface area contributed by atoms with E-state index >= 15 is 0 Å². The molecular formula is C77H138O6. The number of rotatable bonds is 67. The van der Waals surface area contributed by atoms with Gasteiger partial charge in [-0.05, 0) is 70.6 Å². The molecule has 0 aliphatic carbocycles. The predicted octanol–water partition coefficient (Wildman–Crippen LogP) is 25.2. The van der Waals surface area contributed by atoms with Crippen LogP contribution in [-0.2, 0) is 28.6 Å². The number of allylic oxidation sites excluding steroid dienone is 12. The van der Waals surface area contributed by atoms with Gasteiger partial charge in [-0.25, -0.2) is 0 Å². The lowest BCUT2D eigenvalue weighted by atomic mass is 10.0. The lowest BCUT2D eigenvalue weighted by Crippen LogP contribution is -2.30. The first-order chi connectivity index (χ1) is 41.0. The van der Waals surface area contributed by atoms with Crippen molar-refractivity contribution in [1.29, 1.82) is 0 Å². The second-order valence-corrected chi connectivity index (χ2v) is 24.5. The number of hydrogen-bond donors (Lipinski definition) is 0. The summed E-state index contributed by atoms with van der Waals surface area (Å²) in [5.41, 5.74) is 0. The van der Waals surface area contributed by atoms with Crippen LogP contribution in [0.25, 0.3) is 0 Å². The average molecular weight is 1160 g/mol. The van der Waals surface area contributed by atoms with Crippen molar-refractivity contribution in [2.75, 3.05) is 13.2 Å². The molecule has 0 aliphatic heterocycles. The molecule has 1 unspecified atom stereocenters. The van der Waals surface area contributed by atoms with E-state index in [0.717, 1.165) is 89.9 Å². The highest BCUT2D eigenvalue weighted by Gasteiger charge is 2.19. The van der Waals surface area contributed by atoms with E-state index in [1.54, 1.807) is 0 Å². The number of carbonyl (C=O) groups is 3. The van der Waals surface area contributed by atoms with Gasteiger partial charge in [0.15, 0.2) is 6.10 Å². The quantitative estimate of drug-likeness (QED) is 0.0261. The largest absolute Gasteiger partial charge is 0.462 e. The van der Waals surface area contributed by atoms with Crippen molar-refractivity contribution in [1.82, 2.24) is 0 Å². The zero-order chi connectivity index (χ0) is 59.9. The molecule has 0 aromatic carbocycles. The summed E-state index contributed by atoms with van der Waals surface area (Å²) in [5.74, 6) is -0.905. The second-order valence-electron chi connectivity index (χ2n) is 24.5. The van der Waals surface area contributed by atoms with Crippen LogP contribution in [0.5, 0.6) is 0 Å². The van der Waals surface area contributed by atoms with Gasteiger partial charge in [-0.15, -0.1) is 0 Å². The number of hydrogen-bond acceptors (Lipinski definition) is 6. The van der Waals surface area contributed by atoms with Crippen LogP contribution in [-0.4, -0.2) is 37.2 Å². The van der Waals surface area contributed by atoms with E-state index in [0.29, 0.717) is 19.3 Å². The molecule has 0 aliphatic rings. The van der Waals surface area contributed by atoms with E-state index in [4.69, 9.17) is 14.2 Å². The lowest BCUT2D eigenvalue weighted by molar-refractivity contribution is -0.167. The van der Waals surface area contributed by atoms with Crippen LogP contribution in [0.1, 0.15) is 380 Å². The van der Waals surface area contributed by atoms with Crippen LogP contribution < -0.4 is 0 Å². The summed E-state index contributed by atoms with van der Waals surface area (Å²) in [7, 11) is 0. The predicted molar refractivity (Wildman–Crippen MR) is 362 cm³/mol. The minimum Gasteiger partial charge on any atom is -0.462 e. The van der Waals surface area contributed by atoms with Gasteiger partial charge in [0.1, 0.15) is 13.2 Å². The third-order valence-corrected chi connectivity index (χ3v) is 16.2. The van der Waals surface area contributed by atoms with Gasteiger partial charge in [0, 0.05) is 19.3 Å². The first kappa shape index (κ1) is 79.8. The lowest BCUT2D eigenvalue weighted by Gasteiger charge is -2.18. The van der Waals surface area contributed by atoms with Crippen molar-refractivity contribution in [2.24, 2.45) is 0 Å². The van der Waals surface area contributed by atoms with Crippen molar-refractivity contribution in [2.45, 2.75) is 386 Å². The molecule has 1 atom stereocenters. The SMILES string of the molecule is CC/C=C\C/C=C\C/C=C\C/C=C\C/C=C\C/C=C\CCCCC(=O)OC(COC(=O)CCCCCCCCCCCCCCCCCCCCCC)COC(=O)CCCCCCCCCCCCCCCCCCCCCCCCCC. The van der Waals surface area contributed by atoms with Gasteiger partial charge in [0.2, 0.25) is 0 Å². The smallest absolute Gasteiger partial charge is 0.306 e. The number of carbonyl (C=O) groups excluding carboxylic acids is 3. The molecule has 0 rings (SSSR count). The van der Waals surface area contributed by atoms with Crippen molar-refractivity contribution in [3.8, 4) is 0 Å². The second kappa shape index (κ2) is 71.3. The van der Waals surface area contributed by atoms with E-state index in [9.17, 15) is 14.4 Å². The summed E-state index contributed by atoms with van der Waals surface area (Å²) < 4.78 is 17.0. The Labute approximate surface area is 516 Å². The van der Waals surface area contributed by atoms with E-state index in [1.165, 1.54) is 244 Å².